The van der Waals surface area contributed by atoms with E-state index in [1.54, 1.807) is 17.8 Å². The van der Waals surface area contributed by atoms with Gasteiger partial charge in [-0.1, -0.05) is 20.3 Å². The van der Waals surface area contributed by atoms with E-state index in [4.69, 9.17) is 5.73 Å². The largest absolute Gasteiger partial charge is 0.330 e. The molecule has 2 N–H and O–H groups in total. The van der Waals surface area contributed by atoms with Gasteiger partial charge in [0.2, 0.25) is 0 Å². The predicted octanol–water partition coefficient (Wildman–Crippen LogP) is 3.47. The molecule has 1 unspecified atom stereocenters. The highest BCUT2D eigenvalue weighted by atomic mass is 32.2. The van der Waals surface area contributed by atoms with Gasteiger partial charge in [-0.25, -0.2) is 4.39 Å². The lowest BCUT2D eigenvalue weighted by molar-refractivity contribution is 0.623. The molecule has 0 aliphatic heterocycles. The molecule has 0 aliphatic carbocycles. The quantitative estimate of drug-likeness (QED) is 0.772. The molecule has 0 aliphatic rings. The molecule has 0 radical (unpaired) electrons. The summed E-state index contributed by atoms with van der Waals surface area (Å²) < 4.78 is 13.1. The second-order valence-corrected chi connectivity index (χ2v) is 5.18. The molecule has 0 bridgehead atoms. The van der Waals surface area contributed by atoms with Crippen molar-refractivity contribution in [2.75, 3.05) is 12.3 Å². The summed E-state index contributed by atoms with van der Waals surface area (Å²) in [5.41, 5.74) is 6.57. The lowest BCUT2D eigenvalue weighted by atomic mass is 10.1. The van der Waals surface area contributed by atoms with Crippen LogP contribution in [0.15, 0.2) is 23.1 Å². The maximum atomic E-state index is 13.1. The Morgan fingerprint density at radius 1 is 1.44 bits per heavy atom. The molecular weight excluding hydrogens is 221 g/mol. The highest BCUT2D eigenvalue weighted by Crippen LogP contribution is 2.26. The topological polar surface area (TPSA) is 26.0 Å². The maximum Gasteiger partial charge on any atom is 0.123 e. The van der Waals surface area contributed by atoms with Crippen LogP contribution in [-0.2, 0) is 6.42 Å². The van der Waals surface area contributed by atoms with Crippen LogP contribution in [0, 0.1) is 11.7 Å². The molecule has 0 saturated heterocycles. The van der Waals surface area contributed by atoms with Crippen LogP contribution in [0.5, 0.6) is 0 Å². The molecule has 1 nitrogen and oxygen atoms in total. The third-order valence-electron chi connectivity index (χ3n) is 2.66. The molecule has 0 saturated carbocycles. The average molecular weight is 241 g/mol. The van der Waals surface area contributed by atoms with Gasteiger partial charge in [-0.3, -0.25) is 0 Å². The smallest absolute Gasteiger partial charge is 0.123 e. The molecule has 0 fully saturated rings. The van der Waals surface area contributed by atoms with E-state index in [0.29, 0.717) is 12.5 Å². The summed E-state index contributed by atoms with van der Waals surface area (Å²) in [6, 6.07) is 5.00. The van der Waals surface area contributed by atoms with E-state index in [1.165, 1.54) is 17.4 Å². The highest BCUT2D eigenvalue weighted by Gasteiger charge is 2.06. The Morgan fingerprint density at radius 3 is 2.81 bits per heavy atom. The first-order valence-corrected chi connectivity index (χ1v) is 6.77. The first-order chi connectivity index (χ1) is 7.67. The van der Waals surface area contributed by atoms with Crippen molar-refractivity contribution < 1.29 is 4.39 Å². The second-order valence-electron chi connectivity index (χ2n) is 4.12. The minimum Gasteiger partial charge on any atom is -0.330 e. The van der Waals surface area contributed by atoms with Gasteiger partial charge < -0.3 is 5.73 Å². The van der Waals surface area contributed by atoms with Crippen LogP contribution >= 0.6 is 11.8 Å². The van der Waals surface area contributed by atoms with Crippen LogP contribution < -0.4 is 5.73 Å². The number of hydrogen-bond donors (Lipinski definition) is 1. The summed E-state index contributed by atoms with van der Waals surface area (Å²) in [7, 11) is 0. The van der Waals surface area contributed by atoms with Crippen molar-refractivity contribution in [3.63, 3.8) is 0 Å². The van der Waals surface area contributed by atoms with Gasteiger partial charge in [-0.15, -0.1) is 11.8 Å². The van der Waals surface area contributed by atoms with Crippen molar-refractivity contribution >= 4 is 11.8 Å². The molecular formula is C13H20FNS. The Kier molecular flexibility index (Phi) is 5.85. The number of nitrogens with two attached hydrogens (primary N) is 1. The maximum absolute atomic E-state index is 13.1. The van der Waals surface area contributed by atoms with Crippen LogP contribution in [-0.4, -0.2) is 12.3 Å². The van der Waals surface area contributed by atoms with E-state index in [2.05, 4.69) is 13.8 Å². The van der Waals surface area contributed by atoms with Gasteiger partial charge in [0, 0.05) is 10.6 Å². The van der Waals surface area contributed by atoms with Crippen molar-refractivity contribution in [3.8, 4) is 0 Å². The van der Waals surface area contributed by atoms with Gasteiger partial charge in [0.15, 0.2) is 0 Å². The molecule has 1 atom stereocenters. The molecule has 0 spiro atoms. The number of thioether (sulfide) groups is 1. The zero-order chi connectivity index (χ0) is 12.0. The van der Waals surface area contributed by atoms with Crippen molar-refractivity contribution in [1.82, 2.24) is 0 Å². The zero-order valence-corrected chi connectivity index (χ0v) is 10.8. The fraction of sp³-hybridized carbons (Fsp3) is 0.538. The Balaban J connectivity index is 2.70. The van der Waals surface area contributed by atoms with Gasteiger partial charge in [-0.2, -0.15) is 0 Å². The average Bonchev–Trinajstić information content (AvgIpc) is 2.28. The Hall–Kier alpha value is -0.540. The summed E-state index contributed by atoms with van der Waals surface area (Å²) in [5.74, 6) is 1.61. The molecule has 0 heterocycles. The van der Waals surface area contributed by atoms with Gasteiger partial charge in [-0.05, 0) is 42.6 Å². The summed E-state index contributed by atoms with van der Waals surface area (Å²) in [4.78, 5) is 1.17. The van der Waals surface area contributed by atoms with Crippen LogP contribution in [0.2, 0.25) is 0 Å². The number of benzene rings is 1. The predicted molar refractivity (Wildman–Crippen MR) is 69.3 cm³/mol. The summed E-state index contributed by atoms with van der Waals surface area (Å²) in [5, 5.41) is 0. The molecule has 1 aromatic carbocycles. The lowest BCUT2D eigenvalue weighted by Gasteiger charge is -2.11. The number of rotatable bonds is 6. The van der Waals surface area contributed by atoms with Crippen LogP contribution in [0.25, 0.3) is 0 Å². The van der Waals surface area contributed by atoms with E-state index >= 15 is 0 Å². The van der Waals surface area contributed by atoms with E-state index in [-0.39, 0.29) is 5.82 Å². The summed E-state index contributed by atoms with van der Waals surface area (Å²) >= 11 is 1.81. The highest BCUT2D eigenvalue weighted by molar-refractivity contribution is 7.99. The van der Waals surface area contributed by atoms with Gasteiger partial charge >= 0.3 is 0 Å². The third-order valence-corrected chi connectivity index (χ3v) is 4.10. The molecule has 1 aromatic rings. The van der Waals surface area contributed by atoms with E-state index < -0.39 is 0 Å². The molecule has 3 heteroatoms. The normalized spacial score (nSPS) is 12.8. The van der Waals surface area contributed by atoms with Crippen LogP contribution in [0.4, 0.5) is 4.39 Å². The molecule has 90 valence electrons. The standard InChI is InChI=1S/C13H20FNS/c1-3-10(2)9-16-13-5-4-12(14)8-11(13)6-7-15/h4-5,8,10H,3,6-7,9,15H2,1-2H3. The molecule has 0 amide bonds. The number of hydrogen-bond acceptors (Lipinski definition) is 2. The minimum atomic E-state index is -0.170. The Labute approximate surface area is 102 Å². The Morgan fingerprint density at radius 2 is 2.19 bits per heavy atom. The van der Waals surface area contributed by atoms with Crippen molar-refractivity contribution in [2.24, 2.45) is 11.7 Å². The van der Waals surface area contributed by atoms with Crippen LogP contribution in [0.3, 0.4) is 0 Å². The molecule has 16 heavy (non-hydrogen) atoms. The monoisotopic (exact) mass is 241 g/mol. The zero-order valence-electron chi connectivity index (χ0n) is 10.0. The van der Waals surface area contributed by atoms with Gasteiger partial charge in [0.25, 0.3) is 0 Å². The fourth-order valence-electron chi connectivity index (χ4n) is 1.39. The first-order valence-electron chi connectivity index (χ1n) is 5.78. The molecule has 0 aromatic heterocycles. The third kappa shape index (κ3) is 4.14. The van der Waals surface area contributed by atoms with E-state index in [1.807, 2.05) is 6.07 Å². The lowest BCUT2D eigenvalue weighted by Crippen LogP contribution is -2.05. The van der Waals surface area contributed by atoms with Crippen LogP contribution in [0.1, 0.15) is 25.8 Å². The van der Waals surface area contributed by atoms with Gasteiger partial charge in [0.1, 0.15) is 5.82 Å². The SMILES string of the molecule is CCC(C)CSc1ccc(F)cc1CCN. The fourth-order valence-corrected chi connectivity index (χ4v) is 2.60. The minimum absolute atomic E-state index is 0.170. The Bertz CT molecular complexity index is 328. The van der Waals surface area contributed by atoms with Crippen molar-refractivity contribution in [3.05, 3.63) is 29.6 Å². The van der Waals surface area contributed by atoms with Crippen molar-refractivity contribution in [1.29, 1.82) is 0 Å². The van der Waals surface area contributed by atoms with Gasteiger partial charge in [0.05, 0.1) is 0 Å². The summed E-state index contributed by atoms with van der Waals surface area (Å²) in [6.45, 7) is 5.00. The summed E-state index contributed by atoms with van der Waals surface area (Å²) in [6.07, 6.45) is 1.93. The first kappa shape index (κ1) is 13.5. The second kappa shape index (κ2) is 6.92. The molecule has 1 rings (SSSR count). The van der Waals surface area contributed by atoms with Crippen molar-refractivity contribution in [2.45, 2.75) is 31.6 Å². The number of halogens is 1. The van der Waals surface area contributed by atoms with E-state index in [0.717, 1.165) is 17.7 Å². The van der Waals surface area contributed by atoms with E-state index in [9.17, 15) is 4.39 Å².